The highest BCUT2D eigenvalue weighted by molar-refractivity contribution is 7.17. The number of likely N-dealkylation sites (N-methyl/N-ethyl adjacent to an activating group) is 1. The highest BCUT2D eigenvalue weighted by Gasteiger charge is 2.27. The van der Waals surface area contributed by atoms with E-state index in [-0.39, 0.29) is 5.92 Å². The van der Waals surface area contributed by atoms with Gasteiger partial charge in [-0.05, 0) is 39.3 Å². The van der Waals surface area contributed by atoms with Crippen molar-refractivity contribution in [2.75, 3.05) is 32.1 Å². The van der Waals surface area contributed by atoms with Crippen LogP contribution in [0.1, 0.15) is 54.4 Å². The standard InChI is InChI=1S/C15H25N3O2S/c1-5-10(2)12-13(14(19)20)21-15(16-12)18-8-6-7-11(9-18)17(3)4/h10-11H,5-9H2,1-4H3,(H,19,20). The zero-order valence-electron chi connectivity index (χ0n) is 13.3. The monoisotopic (exact) mass is 311 g/mol. The largest absolute Gasteiger partial charge is 0.477 e. The Hall–Kier alpha value is -1.14. The fourth-order valence-corrected chi connectivity index (χ4v) is 3.75. The minimum atomic E-state index is -0.852. The number of carbonyl (C=O) groups is 1. The molecule has 1 aliphatic heterocycles. The maximum Gasteiger partial charge on any atom is 0.347 e. The first kappa shape index (κ1) is 16.2. The van der Waals surface area contributed by atoms with Crippen LogP contribution in [0.4, 0.5) is 5.13 Å². The summed E-state index contributed by atoms with van der Waals surface area (Å²) >= 11 is 1.33. The van der Waals surface area contributed by atoms with Gasteiger partial charge in [-0.2, -0.15) is 0 Å². The van der Waals surface area contributed by atoms with E-state index in [0.717, 1.165) is 36.8 Å². The second-order valence-corrected chi connectivity index (χ2v) is 7.01. The Morgan fingerprint density at radius 2 is 2.29 bits per heavy atom. The van der Waals surface area contributed by atoms with Gasteiger partial charge in [-0.3, -0.25) is 0 Å². The third-order valence-corrected chi connectivity index (χ3v) is 5.43. The van der Waals surface area contributed by atoms with Crippen molar-refractivity contribution in [1.82, 2.24) is 9.88 Å². The van der Waals surface area contributed by atoms with E-state index in [0.29, 0.717) is 10.9 Å². The topological polar surface area (TPSA) is 56.7 Å². The minimum Gasteiger partial charge on any atom is -0.477 e. The summed E-state index contributed by atoms with van der Waals surface area (Å²) in [6, 6.07) is 0.517. The van der Waals surface area contributed by atoms with E-state index in [4.69, 9.17) is 0 Å². The third kappa shape index (κ3) is 3.55. The number of aromatic carboxylic acids is 1. The second kappa shape index (κ2) is 6.75. The Morgan fingerprint density at radius 3 is 2.86 bits per heavy atom. The predicted octanol–water partition coefficient (Wildman–Crippen LogP) is 2.89. The molecule has 0 aromatic carbocycles. The van der Waals surface area contributed by atoms with Crippen molar-refractivity contribution >= 4 is 22.4 Å². The molecule has 1 saturated heterocycles. The molecule has 2 atom stereocenters. The fourth-order valence-electron chi connectivity index (χ4n) is 2.69. The first-order valence-electron chi connectivity index (χ1n) is 7.59. The van der Waals surface area contributed by atoms with Crippen molar-refractivity contribution in [2.45, 2.75) is 45.1 Å². The molecule has 0 aliphatic carbocycles. The lowest BCUT2D eigenvalue weighted by atomic mass is 10.0. The summed E-state index contributed by atoms with van der Waals surface area (Å²) in [5.74, 6) is -0.661. The van der Waals surface area contributed by atoms with Gasteiger partial charge in [-0.15, -0.1) is 0 Å². The van der Waals surface area contributed by atoms with Crippen LogP contribution in [0.3, 0.4) is 0 Å². The minimum absolute atomic E-state index is 0.190. The number of nitrogens with zero attached hydrogens (tertiary/aromatic N) is 3. The van der Waals surface area contributed by atoms with Crippen LogP contribution in [0.25, 0.3) is 0 Å². The molecule has 1 aromatic rings. The van der Waals surface area contributed by atoms with Gasteiger partial charge in [-0.25, -0.2) is 9.78 Å². The van der Waals surface area contributed by atoms with Gasteiger partial charge in [0.25, 0.3) is 0 Å². The van der Waals surface area contributed by atoms with Gasteiger partial charge in [0.05, 0.1) is 5.69 Å². The van der Waals surface area contributed by atoms with Gasteiger partial charge in [0.2, 0.25) is 0 Å². The average Bonchev–Trinajstić information content (AvgIpc) is 2.92. The molecule has 1 N–H and O–H groups in total. The number of carboxylic acid groups (broad SMARTS) is 1. The number of aromatic nitrogens is 1. The molecule has 0 bridgehead atoms. The lowest BCUT2D eigenvalue weighted by Crippen LogP contribution is -2.45. The van der Waals surface area contributed by atoms with E-state index in [1.807, 2.05) is 6.92 Å². The Morgan fingerprint density at radius 1 is 1.57 bits per heavy atom. The number of hydrogen-bond acceptors (Lipinski definition) is 5. The first-order valence-corrected chi connectivity index (χ1v) is 8.41. The summed E-state index contributed by atoms with van der Waals surface area (Å²) in [5.41, 5.74) is 0.747. The molecule has 2 rings (SSSR count). The quantitative estimate of drug-likeness (QED) is 0.906. The summed E-state index contributed by atoms with van der Waals surface area (Å²) in [6.45, 7) is 6.01. The molecule has 1 aliphatic rings. The van der Waals surface area contributed by atoms with E-state index in [2.05, 4.69) is 35.8 Å². The van der Waals surface area contributed by atoms with Crippen LogP contribution < -0.4 is 4.90 Å². The highest BCUT2D eigenvalue weighted by Crippen LogP contribution is 2.33. The van der Waals surface area contributed by atoms with E-state index in [9.17, 15) is 9.90 Å². The molecule has 2 heterocycles. The molecule has 21 heavy (non-hydrogen) atoms. The van der Waals surface area contributed by atoms with Crippen molar-refractivity contribution in [2.24, 2.45) is 0 Å². The molecule has 0 radical (unpaired) electrons. The van der Waals surface area contributed by atoms with Crippen molar-refractivity contribution < 1.29 is 9.90 Å². The molecule has 2 unspecified atom stereocenters. The zero-order chi connectivity index (χ0) is 15.6. The summed E-state index contributed by atoms with van der Waals surface area (Å²) in [4.78, 5) is 21.0. The Balaban J connectivity index is 2.25. The summed E-state index contributed by atoms with van der Waals surface area (Å²) in [5, 5.41) is 10.3. The normalized spacial score (nSPS) is 20.8. The molecule has 0 spiro atoms. The van der Waals surface area contributed by atoms with Crippen molar-refractivity contribution in [3.05, 3.63) is 10.6 Å². The van der Waals surface area contributed by atoms with Crippen molar-refractivity contribution in [1.29, 1.82) is 0 Å². The maximum absolute atomic E-state index is 11.5. The molecule has 6 heteroatoms. The molecule has 1 aromatic heterocycles. The highest BCUT2D eigenvalue weighted by atomic mass is 32.1. The Labute approximate surface area is 130 Å². The van der Waals surface area contributed by atoms with Crippen LogP contribution in [0, 0.1) is 0 Å². The van der Waals surface area contributed by atoms with Crippen molar-refractivity contribution in [3.63, 3.8) is 0 Å². The van der Waals surface area contributed by atoms with Crippen LogP contribution in [0.5, 0.6) is 0 Å². The summed E-state index contributed by atoms with van der Waals surface area (Å²) in [6.07, 6.45) is 3.23. The first-order chi connectivity index (χ1) is 9.93. The SMILES string of the molecule is CCC(C)c1nc(N2CCCC(N(C)C)C2)sc1C(=O)O. The lowest BCUT2D eigenvalue weighted by molar-refractivity contribution is 0.0700. The lowest BCUT2D eigenvalue weighted by Gasteiger charge is -2.35. The molecule has 118 valence electrons. The van der Waals surface area contributed by atoms with Crippen LogP contribution in [0.2, 0.25) is 0 Å². The second-order valence-electron chi connectivity index (χ2n) is 6.03. The number of rotatable bonds is 5. The Bertz CT molecular complexity index is 501. The molecular formula is C15H25N3O2S. The predicted molar refractivity (Wildman–Crippen MR) is 86.7 cm³/mol. The molecule has 1 fully saturated rings. The van der Waals surface area contributed by atoms with Crippen LogP contribution >= 0.6 is 11.3 Å². The molecular weight excluding hydrogens is 286 g/mol. The van der Waals surface area contributed by atoms with E-state index >= 15 is 0 Å². The van der Waals surface area contributed by atoms with Crippen LogP contribution in [-0.4, -0.2) is 54.2 Å². The fraction of sp³-hybridized carbons (Fsp3) is 0.733. The number of piperidine rings is 1. The van der Waals surface area contributed by atoms with Crippen molar-refractivity contribution in [3.8, 4) is 0 Å². The maximum atomic E-state index is 11.5. The third-order valence-electron chi connectivity index (χ3n) is 4.31. The van der Waals surface area contributed by atoms with Gasteiger partial charge in [0.1, 0.15) is 4.88 Å². The van der Waals surface area contributed by atoms with Crippen LogP contribution in [-0.2, 0) is 0 Å². The summed E-state index contributed by atoms with van der Waals surface area (Å²) < 4.78 is 0. The van der Waals surface area contributed by atoms with Gasteiger partial charge in [0.15, 0.2) is 5.13 Å². The van der Waals surface area contributed by atoms with Crippen LogP contribution in [0.15, 0.2) is 0 Å². The van der Waals surface area contributed by atoms with Gasteiger partial charge >= 0.3 is 5.97 Å². The Kier molecular flexibility index (Phi) is 5.22. The van der Waals surface area contributed by atoms with E-state index in [1.54, 1.807) is 0 Å². The van der Waals surface area contributed by atoms with Gasteiger partial charge < -0.3 is 14.9 Å². The number of hydrogen-bond donors (Lipinski definition) is 1. The van der Waals surface area contributed by atoms with Gasteiger partial charge in [0, 0.05) is 19.1 Å². The number of carboxylic acids is 1. The zero-order valence-corrected chi connectivity index (χ0v) is 14.1. The number of thiazole rings is 1. The van der Waals surface area contributed by atoms with Gasteiger partial charge in [-0.1, -0.05) is 25.2 Å². The molecule has 0 saturated carbocycles. The smallest absolute Gasteiger partial charge is 0.347 e. The van der Waals surface area contributed by atoms with E-state index in [1.165, 1.54) is 17.8 Å². The van der Waals surface area contributed by atoms with E-state index < -0.39 is 5.97 Å². The molecule has 0 amide bonds. The molecule has 5 nitrogen and oxygen atoms in total. The number of anilines is 1. The average molecular weight is 311 g/mol. The summed E-state index contributed by atoms with van der Waals surface area (Å²) in [7, 11) is 4.20.